The van der Waals surface area contributed by atoms with Crippen molar-refractivity contribution >= 4 is 0 Å². The molecule has 3 aromatic carbocycles. The van der Waals surface area contributed by atoms with Crippen molar-refractivity contribution in [2.75, 3.05) is 0 Å². The van der Waals surface area contributed by atoms with E-state index < -0.39 is 0 Å². The van der Waals surface area contributed by atoms with Crippen LogP contribution >= 0.6 is 0 Å². The Morgan fingerprint density at radius 2 is 1.62 bits per heavy atom. The fraction of sp³-hybridized carbons (Fsp3) is 0.158. The molecule has 0 aliphatic rings. The van der Waals surface area contributed by atoms with Crippen LogP contribution in [0.3, 0.4) is 0 Å². The maximum absolute atomic E-state index is 3.42. The van der Waals surface area contributed by atoms with Gasteiger partial charge in [-0.05, 0) is 12.5 Å². The molecule has 0 saturated heterocycles. The van der Waals surface area contributed by atoms with E-state index in [1.165, 1.54) is 16.7 Å². The largest absolute Gasteiger partial charge is 0.748 e. The van der Waals surface area contributed by atoms with Gasteiger partial charge in [-0.2, -0.15) is 24.7 Å². The van der Waals surface area contributed by atoms with E-state index in [1.54, 1.807) is 0 Å². The third kappa shape index (κ3) is 7.10. The molecule has 1 nitrogen and oxygen atoms in total. The number of hydrogen-bond donors (Lipinski definition) is 1. The summed E-state index contributed by atoms with van der Waals surface area (Å²) in [6, 6.07) is 27.1. The van der Waals surface area contributed by atoms with Crippen LogP contribution in [0.15, 0.2) is 78.9 Å². The summed E-state index contributed by atoms with van der Waals surface area (Å²) in [6.07, 6.45) is 0. The summed E-state index contributed by atoms with van der Waals surface area (Å²) in [5.41, 5.74) is 4.00. The summed E-state index contributed by atoms with van der Waals surface area (Å²) >= 11 is 0. The summed E-state index contributed by atoms with van der Waals surface area (Å²) in [6.45, 7) is 3.99. The molecule has 2 heteroatoms. The molecule has 0 aliphatic carbocycles. The van der Waals surface area contributed by atoms with Crippen molar-refractivity contribution in [3.05, 3.63) is 95.6 Å². The van der Waals surface area contributed by atoms with E-state index in [-0.39, 0.29) is 17.1 Å². The van der Waals surface area contributed by atoms with E-state index >= 15 is 0 Å². The summed E-state index contributed by atoms with van der Waals surface area (Å²) < 4.78 is 0. The molecule has 0 aromatic heterocycles. The van der Waals surface area contributed by atoms with Gasteiger partial charge in [0.15, 0.2) is 0 Å². The van der Waals surface area contributed by atoms with E-state index in [0.717, 1.165) is 13.1 Å². The van der Waals surface area contributed by atoms with Crippen molar-refractivity contribution < 1.29 is 17.1 Å². The molecule has 1 N–H and O–H groups in total. The Morgan fingerprint density at radius 1 is 1.00 bits per heavy atom. The molecule has 0 amide bonds. The molecule has 116 valence electrons. The van der Waals surface area contributed by atoms with Gasteiger partial charge in [0.25, 0.3) is 0 Å². The van der Waals surface area contributed by atoms with Gasteiger partial charge in [0.05, 0.1) is 0 Å². The van der Waals surface area contributed by atoms with Crippen molar-refractivity contribution in [1.29, 1.82) is 0 Å². The van der Waals surface area contributed by atoms with Crippen LogP contribution in [0.25, 0.3) is 0 Å². The van der Waals surface area contributed by atoms with Crippen LogP contribution in [0.1, 0.15) is 16.7 Å². The van der Waals surface area contributed by atoms with Crippen molar-refractivity contribution in [2.24, 2.45) is 0 Å². The van der Waals surface area contributed by atoms with Crippen LogP contribution in [-0.2, 0) is 30.2 Å². The fourth-order valence-electron chi connectivity index (χ4n) is 1.91. The Bertz CT molecular complexity index is 533. The first-order chi connectivity index (χ1) is 9.84. The summed E-state index contributed by atoms with van der Waals surface area (Å²) in [4.78, 5) is 0. The number of benzene rings is 1. The Kier molecular flexibility index (Phi) is 8.45. The van der Waals surface area contributed by atoms with E-state index in [1.807, 2.05) is 30.3 Å². The van der Waals surface area contributed by atoms with Gasteiger partial charge in [-0.3, -0.25) is 0 Å². The molecule has 0 radical (unpaired) electrons. The van der Waals surface area contributed by atoms with Crippen molar-refractivity contribution in [2.45, 2.75) is 20.0 Å². The topological polar surface area (TPSA) is 12.0 Å². The molecule has 21 heavy (non-hydrogen) atoms. The van der Waals surface area contributed by atoms with Crippen LogP contribution in [-0.4, -0.2) is 0 Å². The van der Waals surface area contributed by atoms with Gasteiger partial charge in [-0.1, -0.05) is 29.8 Å². The Balaban J connectivity index is 0.000000313. The zero-order chi connectivity index (χ0) is 14.0. The number of nitrogens with one attached hydrogen (secondary N) is 1. The molecule has 0 aliphatic heterocycles. The molecular formula is C19H21FeN-6. The van der Waals surface area contributed by atoms with Gasteiger partial charge in [0, 0.05) is 23.6 Å². The Hall–Kier alpha value is -1.60. The third-order valence-electron chi connectivity index (χ3n) is 3.07. The number of hydrogen-bond acceptors (Lipinski definition) is 1. The zero-order valence-electron chi connectivity index (χ0n) is 12.3. The molecule has 0 unspecified atom stereocenters. The fourth-order valence-corrected chi connectivity index (χ4v) is 1.91. The molecule has 0 fully saturated rings. The van der Waals surface area contributed by atoms with Crippen LogP contribution < -0.4 is 5.32 Å². The second-order valence-electron chi connectivity index (χ2n) is 4.84. The van der Waals surface area contributed by atoms with Crippen molar-refractivity contribution in [1.82, 2.24) is 5.32 Å². The van der Waals surface area contributed by atoms with Crippen LogP contribution in [0.5, 0.6) is 0 Å². The minimum Gasteiger partial charge on any atom is -0.748 e. The average Bonchev–Trinajstić information content (AvgIpc) is 3.16. The molecule has 0 heterocycles. The monoisotopic (exact) mass is 319 g/mol. The summed E-state index contributed by atoms with van der Waals surface area (Å²) in [5.74, 6) is 0. The second kappa shape index (κ2) is 10.2. The first-order valence-electron chi connectivity index (χ1n) is 6.98. The van der Waals surface area contributed by atoms with Crippen LogP contribution in [0.4, 0.5) is 0 Å². The Labute approximate surface area is 138 Å². The van der Waals surface area contributed by atoms with Crippen molar-refractivity contribution in [3.63, 3.8) is 0 Å². The van der Waals surface area contributed by atoms with Gasteiger partial charge in [0.2, 0.25) is 0 Å². The predicted molar refractivity (Wildman–Crippen MR) is 85.8 cm³/mol. The van der Waals surface area contributed by atoms with E-state index in [9.17, 15) is 0 Å². The zero-order valence-corrected chi connectivity index (χ0v) is 13.4. The quantitative estimate of drug-likeness (QED) is 0.555. The van der Waals surface area contributed by atoms with Crippen molar-refractivity contribution in [3.8, 4) is 0 Å². The standard InChI is InChI=1S/C14H16N.C5H5.Fe/c1-12-6-8-14(9-7-12)11-15-10-13-4-2-3-5-13;1-2-4-5-3-1;/h2-9,15H,10-11H2,1H3;1-5H;/q-5;-1;. The summed E-state index contributed by atoms with van der Waals surface area (Å²) in [7, 11) is 0. The molecule has 3 aromatic rings. The summed E-state index contributed by atoms with van der Waals surface area (Å²) in [5, 5.41) is 3.42. The Morgan fingerprint density at radius 3 is 2.14 bits per heavy atom. The number of aryl methyl sites for hydroxylation is 1. The van der Waals surface area contributed by atoms with Gasteiger partial charge in [0.1, 0.15) is 0 Å². The average molecular weight is 319 g/mol. The normalized spacial score (nSPS) is 9.38. The number of rotatable bonds is 4. The molecule has 0 saturated carbocycles. The molecular weight excluding hydrogens is 298 g/mol. The maximum atomic E-state index is 3.42. The maximum Gasteiger partial charge on any atom is 0.0180 e. The first kappa shape index (κ1) is 17.5. The molecule has 3 rings (SSSR count). The van der Waals surface area contributed by atoms with Crippen LogP contribution in [0, 0.1) is 6.92 Å². The van der Waals surface area contributed by atoms with E-state index in [4.69, 9.17) is 0 Å². The minimum absolute atomic E-state index is 0. The molecule has 0 atom stereocenters. The van der Waals surface area contributed by atoms with E-state index in [2.05, 4.69) is 60.8 Å². The van der Waals surface area contributed by atoms with Crippen LogP contribution in [0.2, 0.25) is 0 Å². The van der Waals surface area contributed by atoms with Gasteiger partial charge < -0.3 is 35.1 Å². The van der Waals surface area contributed by atoms with Gasteiger partial charge >= 0.3 is 0 Å². The second-order valence-corrected chi connectivity index (χ2v) is 4.84. The van der Waals surface area contributed by atoms with Gasteiger partial charge in [-0.15, -0.1) is 0 Å². The SMILES string of the molecule is Cc1ccc(CNC[c-]2[cH-][cH-][cH-][cH-]2)cc1.[Fe].c1cc[cH-]c1. The molecule has 0 bridgehead atoms. The molecule has 0 spiro atoms. The van der Waals surface area contributed by atoms with E-state index in [0.29, 0.717) is 0 Å². The smallest absolute Gasteiger partial charge is 0.0180 e. The van der Waals surface area contributed by atoms with Gasteiger partial charge in [-0.25, -0.2) is 12.1 Å². The predicted octanol–water partition coefficient (Wildman–Crippen LogP) is 4.41. The third-order valence-corrected chi connectivity index (χ3v) is 3.07. The minimum atomic E-state index is 0. The first-order valence-corrected chi connectivity index (χ1v) is 6.98.